The highest BCUT2D eigenvalue weighted by Gasteiger charge is 2.04. The first kappa shape index (κ1) is 14.7. The molecule has 0 bridgehead atoms. The molecule has 0 fully saturated rings. The predicted molar refractivity (Wildman–Crippen MR) is 80.9 cm³/mol. The van der Waals surface area contributed by atoms with Crippen molar-refractivity contribution < 1.29 is 8.78 Å². The molecule has 2 nitrogen and oxygen atoms in total. The molecule has 2 aromatic carbocycles. The third-order valence-corrected chi connectivity index (χ3v) is 3.19. The fourth-order valence-electron chi connectivity index (χ4n) is 1.57. The van der Waals surface area contributed by atoms with E-state index in [9.17, 15) is 8.78 Å². The van der Waals surface area contributed by atoms with Gasteiger partial charge in [-0.2, -0.15) is 0 Å². The van der Waals surface area contributed by atoms with E-state index in [1.165, 1.54) is 6.07 Å². The smallest absolute Gasteiger partial charge is 0.171 e. The lowest BCUT2D eigenvalue weighted by atomic mass is 10.2. The molecule has 6 heteroatoms. The summed E-state index contributed by atoms with van der Waals surface area (Å²) in [4.78, 5) is 0. The molecule has 0 aliphatic rings. The molecule has 0 atom stereocenters. The van der Waals surface area contributed by atoms with Gasteiger partial charge in [-0.25, -0.2) is 8.78 Å². The molecule has 0 aromatic heterocycles. The average molecular weight is 313 g/mol. The maximum Gasteiger partial charge on any atom is 0.171 e. The van der Waals surface area contributed by atoms with E-state index >= 15 is 0 Å². The van der Waals surface area contributed by atoms with Gasteiger partial charge in [0.25, 0.3) is 0 Å². The van der Waals surface area contributed by atoms with Crippen LogP contribution in [0.4, 0.5) is 14.5 Å². The number of benzene rings is 2. The number of anilines is 1. The molecule has 0 saturated carbocycles. The van der Waals surface area contributed by atoms with Gasteiger partial charge in [0.2, 0.25) is 0 Å². The number of nitrogens with one attached hydrogen (secondary N) is 2. The lowest BCUT2D eigenvalue weighted by Crippen LogP contribution is -2.28. The lowest BCUT2D eigenvalue weighted by Gasteiger charge is -2.11. The molecule has 0 radical (unpaired) electrons. The summed E-state index contributed by atoms with van der Waals surface area (Å²) >= 11 is 11.1. The Hall–Kier alpha value is -1.72. The number of rotatable bonds is 3. The number of hydrogen-bond donors (Lipinski definition) is 2. The highest BCUT2D eigenvalue weighted by molar-refractivity contribution is 7.80. The summed E-state index contributed by atoms with van der Waals surface area (Å²) in [5, 5.41) is 6.65. The summed E-state index contributed by atoms with van der Waals surface area (Å²) in [5.41, 5.74) is 1.27. The third-order valence-electron chi connectivity index (χ3n) is 2.57. The largest absolute Gasteiger partial charge is 0.358 e. The van der Waals surface area contributed by atoms with Gasteiger partial charge in [0.05, 0.1) is 0 Å². The van der Waals surface area contributed by atoms with Crippen LogP contribution in [0.1, 0.15) is 5.56 Å². The van der Waals surface area contributed by atoms with E-state index in [-0.39, 0.29) is 0 Å². The quantitative estimate of drug-likeness (QED) is 0.834. The van der Waals surface area contributed by atoms with Gasteiger partial charge in [-0.05, 0) is 36.0 Å². The van der Waals surface area contributed by atoms with Crippen molar-refractivity contribution in [2.75, 3.05) is 5.32 Å². The lowest BCUT2D eigenvalue weighted by molar-refractivity contribution is 0.509. The molecule has 2 rings (SSSR count). The van der Waals surface area contributed by atoms with Crippen LogP contribution in [0.5, 0.6) is 0 Å². The SMILES string of the molecule is Fc1ccc(NC(=S)NCc2ccccc2Cl)cc1F. The van der Waals surface area contributed by atoms with Gasteiger partial charge < -0.3 is 10.6 Å². The summed E-state index contributed by atoms with van der Waals surface area (Å²) in [6, 6.07) is 10.8. The highest BCUT2D eigenvalue weighted by Crippen LogP contribution is 2.15. The van der Waals surface area contributed by atoms with Crippen LogP contribution in [0.15, 0.2) is 42.5 Å². The van der Waals surface area contributed by atoms with Gasteiger partial charge in [-0.3, -0.25) is 0 Å². The van der Waals surface area contributed by atoms with Gasteiger partial charge in [0, 0.05) is 23.3 Å². The van der Waals surface area contributed by atoms with Crippen molar-refractivity contribution in [2.45, 2.75) is 6.54 Å². The van der Waals surface area contributed by atoms with E-state index in [0.717, 1.165) is 17.7 Å². The first-order chi connectivity index (χ1) is 9.56. The van der Waals surface area contributed by atoms with E-state index in [2.05, 4.69) is 10.6 Å². The zero-order chi connectivity index (χ0) is 14.5. The van der Waals surface area contributed by atoms with Crippen molar-refractivity contribution in [3.63, 3.8) is 0 Å². The molecule has 0 amide bonds. The maximum atomic E-state index is 13.0. The number of thiocarbonyl (C=S) groups is 1. The van der Waals surface area contributed by atoms with Gasteiger partial charge in [0.1, 0.15) is 0 Å². The summed E-state index contributed by atoms with van der Waals surface area (Å²) in [7, 11) is 0. The Bertz CT molecular complexity index is 634. The van der Waals surface area contributed by atoms with Gasteiger partial charge in [-0.15, -0.1) is 0 Å². The van der Waals surface area contributed by atoms with Crippen LogP contribution in [-0.4, -0.2) is 5.11 Å². The van der Waals surface area contributed by atoms with Crippen molar-refractivity contribution in [3.05, 3.63) is 64.7 Å². The van der Waals surface area contributed by atoms with Gasteiger partial charge in [0.15, 0.2) is 16.7 Å². The highest BCUT2D eigenvalue weighted by atomic mass is 35.5. The van der Waals surface area contributed by atoms with E-state index < -0.39 is 11.6 Å². The Morgan fingerprint density at radius 2 is 1.85 bits per heavy atom. The zero-order valence-corrected chi connectivity index (χ0v) is 11.9. The van der Waals surface area contributed by atoms with E-state index in [4.69, 9.17) is 23.8 Å². The first-order valence-electron chi connectivity index (χ1n) is 5.79. The Kier molecular flexibility index (Phi) is 4.87. The third kappa shape index (κ3) is 3.88. The Morgan fingerprint density at radius 1 is 1.10 bits per heavy atom. The predicted octanol–water partition coefficient (Wildman–Crippen LogP) is 4.10. The van der Waals surface area contributed by atoms with Crippen LogP contribution < -0.4 is 10.6 Å². The molecule has 0 aliphatic carbocycles. The Morgan fingerprint density at radius 3 is 2.55 bits per heavy atom. The normalized spacial score (nSPS) is 10.2. The van der Waals surface area contributed by atoms with Crippen molar-refractivity contribution in [1.82, 2.24) is 5.32 Å². The molecule has 0 heterocycles. The van der Waals surface area contributed by atoms with Gasteiger partial charge in [-0.1, -0.05) is 29.8 Å². The van der Waals surface area contributed by atoms with Crippen LogP contribution in [0.3, 0.4) is 0 Å². The average Bonchev–Trinajstić information content (AvgIpc) is 2.42. The van der Waals surface area contributed by atoms with Gasteiger partial charge >= 0.3 is 0 Å². The van der Waals surface area contributed by atoms with Crippen LogP contribution in [0.25, 0.3) is 0 Å². The van der Waals surface area contributed by atoms with Crippen molar-refractivity contribution >= 4 is 34.6 Å². The van der Waals surface area contributed by atoms with Crippen molar-refractivity contribution in [3.8, 4) is 0 Å². The molecule has 2 aromatic rings. The summed E-state index contributed by atoms with van der Waals surface area (Å²) in [5.74, 6) is -1.82. The second-order valence-electron chi connectivity index (χ2n) is 4.03. The minimum absolute atomic E-state index is 0.302. The van der Waals surface area contributed by atoms with E-state index in [0.29, 0.717) is 22.4 Å². The van der Waals surface area contributed by atoms with Crippen LogP contribution >= 0.6 is 23.8 Å². The van der Waals surface area contributed by atoms with E-state index in [1.54, 1.807) is 6.07 Å². The summed E-state index contributed by atoms with van der Waals surface area (Å²) in [6.45, 7) is 0.440. The summed E-state index contributed by atoms with van der Waals surface area (Å²) < 4.78 is 25.8. The van der Waals surface area contributed by atoms with Crippen molar-refractivity contribution in [2.24, 2.45) is 0 Å². The molecular formula is C14H11ClF2N2S. The second kappa shape index (κ2) is 6.63. The maximum absolute atomic E-state index is 13.0. The van der Waals surface area contributed by atoms with Crippen LogP contribution in [0, 0.1) is 11.6 Å². The molecule has 0 aliphatic heterocycles. The zero-order valence-electron chi connectivity index (χ0n) is 10.3. The molecule has 104 valence electrons. The Labute approximate surface area is 125 Å². The minimum Gasteiger partial charge on any atom is -0.358 e. The second-order valence-corrected chi connectivity index (χ2v) is 4.84. The first-order valence-corrected chi connectivity index (χ1v) is 6.58. The molecule has 20 heavy (non-hydrogen) atoms. The fourth-order valence-corrected chi connectivity index (χ4v) is 1.96. The van der Waals surface area contributed by atoms with Crippen molar-refractivity contribution in [1.29, 1.82) is 0 Å². The molecular weight excluding hydrogens is 302 g/mol. The molecule has 0 saturated heterocycles. The number of halogens is 3. The number of hydrogen-bond acceptors (Lipinski definition) is 1. The monoisotopic (exact) mass is 312 g/mol. The van der Waals surface area contributed by atoms with E-state index in [1.807, 2.05) is 18.2 Å². The molecule has 2 N–H and O–H groups in total. The Balaban J connectivity index is 1.93. The molecule has 0 unspecified atom stereocenters. The molecule has 0 spiro atoms. The topological polar surface area (TPSA) is 24.1 Å². The van der Waals surface area contributed by atoms with Crippen LogP contribution in [-0.2, 0) is 6.54 Å². The fraction of sp³-hybridized carbons (Fsp3) is 0.0714. The van der Waals surface area contributed by atoms with Crippen LogP contribution in [0.2, 0.25) is 5.02 Å². The minimum atomic E-state index is -0.927. The summed E-state index contributed by atoms with van der Waals surface area (Å²) in [6.07, 6.45) is 0. The standard InChI is InChI=1S/C14H11ClF2N2S/c15-11-4-2-1-3-9(11)8-18-14(20)19-10-5-6-12(16)13(17)7-10/h1-7H,8H2,(H2,18,19,20).